The van der Waals surface area contributed by atoms with E-state index in [1.807, 2.05) is 12.1 Å². The van der Waals surface area contributed by atoms with E-state index in [9.17, 15) is 0 Å². The van der Waals surface area contributed by atoms with Crippen molar-refractivity contribution in [2.75, 3.05) is 0 Å². The molecule has 2 aromatic carbocycles. The average molecular weight is 292 g/mol. The van der Waals surface area contributed by atoms with Crippen molar-refractivity contribution in [1.82, 2.24) is 0 Å². The minimum atomic E-state index is 0.530. The molecule has 0 fully saturated rings. The molecule has 0 aliphatic rings. The van der Waals surface area contributed by atoms with Gasteiger partial charge in [0.2, 0.25) is 0 Å². The van der Waals surface area contributed by atoms with Crippen LogP contribution in [0, 0.1) is 13.8 Å². The van der Waals surface area contributed by atoms with Gasteiger partial charge in [0.05, 0.1) is 5.02 Å². The molecule has 1 nitrogen and oxygen atoms in total. The topological polar surface area (TPSA) is 26.0 Å². The summed E-state index contributed by atoms with van der Waals surface area (Å²) in [6.07, 6.45) is 0. The third kappa shape index (κ3) is 4.00. The molecule has 19 heavy (non-hydrogen) atoms. The molecule has 0 bridgehead atoms. The van der Waals surface area contributed by atoms with E-state index in [1.54, 1.807) is 11.8 Å². The lowest BCUT2D eigenvalue weighted by Crippen LogP contribution is -1.95. The van der Waals surface area contributed by atoms with Crippen LogP contribution in [0.15, 0.2) is 41.3 Å². The standard InChI is InChI=1S/C16H18ClNS/c1-11-5-12(2)7-14(6-11)10-19-16-4-3-13(9-18)8-15(16)17/h3-8H,9-10,18H2,1-2H3. The number of thioether (sulfide) groups is 1. The van der Waals surface area contributed by atoms with Crippen molar-refractivity contribution in [3.05, 3.63) is 63.7 Å². The Balaban J connectivity index is 2.10. The molecule has 0 saturated heterocycles. The molecule has 0 heterocycles. The molecule has 100 valence electrons. The Kier molecular flexibility index (Phi) is 4.92. The van der Waals surface area contributed by atoms with Crippen LogP contribution in [0.5, 0.6) is 0 Å². The summed E-state index contributed by atoms with van der Waals surface area (Å²) in [6, 6.07) is 12.7. The monoisotopic (exact) mass is 291 g/mol. The van der Waals surface area contributed by atoms with E-state index in [0.29, 0.717) is 6.54 Å². The molecule has 2 rings (SSSR count). The summed E-state index contributed by atoms with van der Waals surface area (Å²) >= 11 is 8.02. The number of hydrogen-bond acceptors (Lipinski definition) is 2. The van der Waals surface area contributed by atoms with Crippen molar-refractivity contribution in [2.45, 2.75) is 31.0 Å². The first-order valence-electron chi connectivity index (χ1n) is 6.27. The number of benzene rings is 2. The fourth-order valence-electron chi connectivity index (χ4n) is 2.10. The molecule has 3 heteroatoms. The zero-order chi connectivity index (χ0) is 13.8. The van der Waals surface area contributed by atoms with Crippen molar-refractivity contribution in [1.29, 1.82) is 0 Å². The Morgan fingerprint density at radius 1 is 1.00 bits per heavy atom. The van der Waals surface area contributed by atoms with Gasteiger partial charge in [-0.1, -0.05) is 47.0 Å². The summed E-state index contributed by atoms with van der Waals surface area (Å²) in [7, 11) is 0. The Bertz CT molecular complexity index is 561. The SMILES string of the molecule is Cc1cc(C)cc(CSc2ccc(CN)cc2Cl)c1. The maximum atomic E-state index is 6.26. The van der Waals surface area contributed by atoms with Crippen LogP contribution in [0.1, 0.15) is 22.3 Å². The number of rotatable bonds is 4. The first-order chi connectivity index (χ1) is 9.08. The lowest BCUT2D eigenvalue weighted by atomic mass is 10.1. The largest absolute Gasteiger partial charge is 0.326 e. The molecule has 2 aromatic rings. The van der Waals surface area contributed by atoms with Gasteiger partial charge in [-0.2, -0.15) is 0 Å². The summed E-state index contributed by atoms with van der Waals surface area (Å²) in [4.78, 5) is 1.11. The highest BCUT2D eigenvalue weighted by atomic mass is 35.5. The Labute approximate surface area is 124 Å². The zero-order valence-electron chi connectivity index (χ0n) is 11.2. The normalized spacial score (nSPS) is 10.7. The van der Waals surface area contributed by atoms with Crippen LogP contribution in [0.2, 0.25) is 5.02 Å². The first kappa shape index (κ1) is 14.4. The van der Waals surface area contributed by atoms with Crippen LogP contribution in [0.3, 0.4) is 0 Å². The van der Waals surface area contributed by atoms with Crippen molar-refractivity contribution >= 4 is 23.4 Å². The van der Waals surface area contributed by atoms with Gasteiger partial charge in [0, 0.05) is 17.2 Å². The maximum absolute atomic E-state index is 6.26. The third-order valence-corrected chi connectivity index (χ3v) is 4.48. The van der Waals surface area contributed by atoms with E-state index in [1.165, 1.54) is 16.7 Å². The van der Waals surface area contributed by atoms with Gasteiger partial charge in [0.25, 0.3) is 0 Å². The number of halogens is 1. The molecule has 0 aliphatic carbocycles. The van der Waals surface area contributed by atoms with Gasteiger partial charge < -0.3 is 5.73 Å². The van der Waals surface area contributed by atoms with Crippen LogP contribution in [0.25, 0.3) is 0 Å². The van der Waals surface area contributed by atoms with Gasteiger partial charge in [-0.15, -0.1) is 11.8 Å². The first-order valence-corrected chi connectivity index (χ1v) is 7.63. The maximum Gasteiger partial charge on any atom is 0.0545 e. The van der Waals surface area contributed by atoms with Gasteiger partial charge in [-0.25, -0.2) is 0 Å². The molecule has 0 aromatic heterocycles. The average Bonchev–Trinajstić information content (AvgIpc) is 2.36. The van der Waals surface area contributed by atoms with E-state index < -0.39 is 0 Å². The molecule has 0 radical (unpaired) electrons. The van der Waals surface area contributed by atoms with Crippen molar-refractivity contribution in [3.63, 3.8) is 0 Å². The van der Waals surface area contributed by atoms with Crippen LogP contribution in [-0.2, 0) is 12.3 Å². The minimum Gasteiger partial charge on any atom is -0.326 e. The Hall–Kier alpha value is -0.960. The number of aryl methyl sites for hydroxylation is 2. The summed E-state index contributed by atoms with van der Waals surface area (Å²) in [6.45, 7) is 4.79. The summed E-state index contributed by atoms with van der Waals surface area (Å²) < 4.78 is 0. The zero-order valence-corrected chi connectivity index (χ0v) is 12.8. The van der Waals surface area contributed by atoms with E-state index in [2.05, 4.69) is 38.1 Å². The lowest BCUT2D eigenvalue weighted by molar-refractivity contribution is 1.07. The van der Waals surface area contributed by atoms with Gasteiger partial charge in [-0.05, 0) is 37.1 Å². The second kappa shape index (κ2) is 6.47. The summed E-state index contributed by atoms with van der Waals surface area (Å²) in [5, 5.41) is 0.789. The predicted octanol–water partition coefficient (Wildman–Crippen LogP) is 4.71. The van der Waals surface area contributed by atoms with Crippen molar-refractivity contribution < 1.29 is 0 Å². The molecule has 0 saturated carbocycles. The number of hydrogen-bond donors (Lipinski definition) is 1. The molecule has 0 unspecified atom stereocenters. The highest BCUT2D eigenvalue weighted by molar-refractivity contribution is 7.98. The second-order valence-corrected chi connectivity index (χ2v) is 6.18. The van der Waals surface area contributed by atoms with Gasteiger partial charge >= 0.3 is 0 Å². The molecular formula is C16H18ClNS. The highest BCUT2D eigenvalue weighted by Gasteiger charge is 2.03. The summed E-state index contributed by atoms with van der Waals surface area (Å²) in [5.74, 6) is 0.935. The molecule has 0 amide bonds. The Morgan fingerprint density at radius 3 is 2.26 bits per heavy atom. The van der Waals surface area contributed by atoms with Crippen LogP contribution >= 0.6 is 23.4 Å². The van der Waals surface area contributed by atoms with E-state index in [-0.39, 0.29) is 0 Å². The van der Waals surface area contributed by atoms with Crippen molar-refractivity contribution in [2.24, 2.45) is 5.73 Å². The van der Waals surface area contributed by atoms with E-state index >= 15 is 0 Å². The van der Waals surface area contributed by atoms with Crippen LogP contribution < -0.4 is 5.73 Å². The number of nitrogens with two attached hydrogens (primary N) is 1. The molecule has 2 N–H and O–H groups in total. The highest BCUT2D eigenvalue weighted by Crippen LogP contribution is 2.30. The molecule has 0 atom stereocenters. The van der Waals surface area contributed by atoms with Gasteiger partial charge in [0.1, 0.15) is 0 Å². The van der Waals surface area contributed by atoms with Gasteiger partial charge in [0.15, 0.2) is 0 Å². The molecule has 0 spiro atoms. The third-order valence-electron chi connectivity index (χ3n) is 2.91. The lowest BCUT2D eigenvalue weighted by Gasteiger charge is -2.07. The quantitative estimate of drug-likeness (QED) is 0.826. The van der Waals surface area contributed by atoms with Crippen molar-refractivity contribution in [3.8, 4) is 0 Å². The minimum absolute atomic E-state index is 0.530. The second-order valence-electron chi connectivity index (χ2n) is 4.75. The van der Waals surface area contributed by atoms with Crippen LogP contribution in [-0.4, -0.2) is 0 Å². The predicted molar refractivity (Wildman–Crippen MR) is 84.8 cm³/mol. The van der Waals surface area contributed by atoms with E-state index in [4.69, 9.17) is 17.3 Å². The fraction of sp³-hybridized carbons (Fsp3) is 0.250. The summed E-state index contributed by atoms with van der Waals surface area (Å²) in [5.41, 5.74) is 10.6. The fourth-order valence-corrected chi connectivity index (χ4v) is 3.32. The smallest absolute Gasteiger partial charge is 0.0545 e. The van der Waals surface area contributed by atoms with E-state index in [0.717, 1.165) is 21.2 Å². The Morgan fingerprint density at radius 2 is 1.68 bits per heavy atom. The molecular weight excluding hydrogens is 274 g/mol. The molecule has 0 aliphatic heterocycles. The van der Waals surface area contributed by atoms with Gasteiger partial charge in [-0.3, -0.25) is 0 Å². The van der Waals surface area contributed by atoms with Crippen LogP contribution in [0.4, 0.5) is 0 Å².